The van der Waals surface area contributed by atoms with Crippen LogP contribution in [0.15, 0.2) is 30.3 Å². The summed E-state index contributed by atoms with van der Waals surface area (Å²) in [5.41, 5.74) is 0.132. The topological polar surface area (TPSA) is 52.6 Å². The quantitative estimate of drug-likeness (QED) is 0.565. The lowest BCUT2D eigenvalue weighted by molar-refractivity contribution is 0.0771. The molecule has 0 aliphatic heterocycles. The molecule has 1 atom stereocenters. The van der Waals surface area contributed by atoms with Gasteiger partial charge in [-0.05, 0) is 20.8 Å². The number of Topliss-reactive ketones (excluding diaryl/α,β-unsaturated/α-hetero) is 1. The van der Waals surface area contributed by atoms with Crippen LogP contribution in [0.1, 0.15) is 31.1 Å². The van der Waals surface area contributed by atoms with Crippen LogP contribution in [-0.4, -0.2) is 24.4 Å². The van der Waals surface area contributed by atoms with Crippen molar-refractivity contribution in [1.82, 2.24) is 0 Å². The van der Waals surface area contributed by atoms with E-state index in [4.69, 9.17) is 9.05 Å². The molecule has 0 spiro atoms. The number of carbonyl (C=O) groups excluding carboxylic acids is 1. The van der Waals surface area contributed by atoms with E-state index in [1.807, 2.05) is 0 Å². The van der Waals surface area contributed by atoms with Gasteiger partial charge >= 0.3 is 7.60 Å². The normalized spacial score (nSPS) is 14.9. The van der Waals surface area contributed by atoms with Gasteiger partial charge in [-0.2, -0.15) is 0 Å². The van der Waals surface area contributed by atoms with E-state index >= 15 is 0 Å². The number of alkyl halides is 1. The van der Waals surface area contributed by atoms with Gasteiger partial charge in [0.25, 0.3) is 5.41 Å². The van der Waals surface area contributed by atoms with Crippen molar-refractivity contribution in [2.24, 2.45) is 0 Å². The van der Waals surface area contributed by atoms with E-state index in [0.29, 0.717) is 0 Å². The zero-order chi connectivity index (χ0) is 14.5. The Hall–Kier alpha value is -1.03. The lowest BCUT2D eigenvalue weighted by Crippen LogP contribution is -2.32. The van der Waals surface area contributed by atoms with E-state index in [2.05, 4.69) is 0 Å². The van der Waals surface area contributed by atoms with E-state index in [1.165, 1.54) is 12.1 Å². The number of ketones is 1. The van der Waals surface area contributed by atoms with Crippen LogP contribution in [0.4, 0.5) is 4.39 Å². The van der Waals surface area contributed by atoms with Crippen molar-refractivity contribution < 1.29 is 22.8 Å². The summed E-state index contributed by atoms with van der Waals surface area (Å²) in [7, 11) is -4.16. The van der Waals surface area contributed by atoms with Gasteiger partial charge < -0.3 is 9.05 Å². The Morgan fingerprint density at radius 2 is 1.68 bits per heavy atom. The molecule has 106 valence electrons. The predicted molar refractivity (Wildman–Crippen MR) is 71.1 cm³/mol. The Morgan fingerprint density at radius 1 is 1.21 bits per heavy atom. The minimum atomic E-state index is -4.16. The molecule has 1 unspecified atom stereocenters. The molecule has 0 saturated carbocycles. The molecule has 0 aliphatic carbocycles. The number of rotatable bonds is 7. The van der Waals surface area contributed by atoms with Crippen molar-refractivity contribution in [1.29, 1.82) is 0 Å². The molecule has 0 amide bonds. The Bertz CT molecular complexity index is 463. The van der Waals surface area contributed by atoms with E-state index in [1.54, 1.807) is 32.0 Å². The molecule has 19 heavy (non-hydrogen) atoms. The van der Waals surface area contributed by atoms with Crippen LogP contribution in [0, 0.1) is 0 Å². The van der Waals surface area contributed by atoms with Crippen LogP contribution >= 0.6 is 7.60 Å². The molecule has 0 bridgehead atoms. The highest BCUT2D eigenvalue weighted by Crippen LogP contribution is 2.61. The van der Waals surface area contributed by atoms with Crippen molar-refractivity contribution in [3.05, 3.63) is 35.9 Å². The monoisotopic (exact) mass is 288 g/mol. The average molecular weight is 288 g/mol. The third-order valence-corrected chi connectivity index (χ3v) is 4.99. The maximum Gasteiger partial charge on any atom is 0.375 e. The number of hydrogen-bond donors (Lipinski definition) is 0. The van der Waals surface area contributed by atoms with Gasteiger partial charge in [-0.25, -0.2) is 4.39 Å². The molecular formula is C13H18FO4P. The molecule has 4 nitrogen and oxygen atoms in total. The Kier molecular flexibility index (Phi) is 5.41. The fourth-order valence-corrected chi connectivity index (χ4v) is 3.21. The van der Waals surface area contributed by atoms with Crippen molar-refractivity contribution in [2.75, 3.05) is 13.2 Å². The molecule has 1 aromatic rings. The second-order valence-electron chi connectivity index (χ2n) is 3.98. The first-order chi connectivity index (χ1) is 8.89. The fourth-order valence-electron chi connectivity index (χ4n) is 1.60. The first-order valence-electron chi connectivity index (χ1n) is 6.07. The summed E-state index contributed by atoms with van der Waals surface area (Å²) < 4.78 is 37.0. The molecular weight excluding hydrogens is 270 g/mol. The molecule has 6 heteroatoms. The van der Waals surface area contributed by atoms with Crippen LogP contribution in [-0.2, 0) is 13.6 Å². The minimum absolute atomic E-state index is 0.00113. The Balaban J connectivity index is 3.13. The van der Waals surface area contributed by atoms with Crippen molar-refractivity contribution in [3.8, 4) is 0 Å². The molecule has 1 rings (SSSR count). The number of halogens is 1. The van der Waals surface area contributed by atoms with Crippen LogP contribution < -0.4 is 0 Å². The maximum atomic E-state index is 14.7. The summed E-state index contributed by atoms with van der Waals surface area (Å²) in [6, 6.07) is 7.84. The second kappa shape index (κ2) is 6.42. The van der Waals surface area contributed by atoms with Crippen LogP contribution in [0.5, 0.6) is 0 Å². The molecule has 0 heterocycles. The summed E-state index contributed by atoms with van der Waals surface area (Å²) in [5, 5.41) is -2.71. The summed E-state index contributed by atoms with van der Waals surface area (Å²) in [4.78, 5) is 12.2. The van der Waals surface area contributed by atoms with Crippen LogP contribution in [0.3, 0.4) is 0 Å². The highest BCUT2D eigenvalue weighted by atomic mass is 31.2. The second-order valence-corrected chi connectivity index (χ2v) is 6.33. The third kappa shape index (κ3) is 3.30. The largest absolute Gasteiger partial charge is 0.375 e. The average Bonchev–Trinajstić information content (AvgIpc) is 2.39. The molecule has 0 N–H and O–H groups in total. The van der Waals surface area contributed by atoms with Gasteiger partial charge in [-0.1, -0.05) is 30.3 Å². The van der Waals surface area contributed by atoms with Gasteiger partial charge in [-0.15, -0.1) is 0 Å². The zero-order valence-electron chi connectivity index (χ0n) is 11.3. The smallest absolute Gasteiger partial charge is 0.306 e. The first kappa shape index (κ1) is 16.0. The first-order valence-corrected chi connectivity index (χ1v) is 7.61. The van der Waals surface area contributed by atoms with Gasteiger partial charge in [0.15, 0.2) is 0 Å². The van der Waals surface area contributed by atoms with E-state index in [-0.39, 0.29) is 18.8 Å². The Labute approximate surface area is 112 Å². The van der Waals surface area contributed by atoms with Crippen LogP contribution in [0.25, 0.3) is 0 Å². The zero-order valence-corrected chi connectivity index (χ0v) is 12.2. The SMILES string of the molecule is CCOP(=O)(OCC)C(C)(F)C(=O)c1ccccc1. The highest BCUT2D eigenvalue weighted by Gasteiger charge is 2.54. The lowest BCUT2D eigenvalue weighted by atomic mass is 10.1. The van der Waals surface area contributed by atoms with E-state index in [0.717, 1.165) is 6.92 Å². The van der Waals surface area contributed by atoms with Crippen molar-refractivity contribution in [3.63, 3.8) is 0 Å². The standard InChI is InChI=1S/C13H18FO4P/c1-4-17-19(16,18-5-2)13(3,14)12(15)11-9-7-6-8-10-11/h6-10H,4-5H2,1-3H3. The molecule has 0 saturated heterocycles. The Morgan fingerprint density at radius 3 is 2.11 bits per heavy atom. The van der Waals surface area contributed by atoms with Gasteiger partial charge in [0.1, 0.15) is 0 Å². The molecule has 0 radical (unpaired) electrons. The minimum Gasteiger partial charge on any atom is -0.306 e. The van der Waals surface area contributed by atoms with Crippen molar-refractivity contribution >= 4 is 13.4 Å². The van der Waals surface area contributed by atoms with Gasteiger partial charge in [0, 0.05) is 5.56 Å². The number of hydrogen-bond acceptors (Lipinski definition) is 4. The van der Waals surface area contributed by atoms with Crippen molar-refractivity contribution in [2.45, 2.75) is 26.2 Å². The van der Waals surface area contributed by atoms with Gasteiger partial charge in [0.05, 0.1) is 13.2 Å². The highest BCUT2D eigenvalue weighted by molar-refractivity contribution is 7.56. The summed E-state index contributed by atoms with van der Waals surface area (Å²) in [6.45, 7) is 4.07. The van der Waals surface area contributed by atoms with E-state index < -0.39 is 18.8 Å². The van der Waals surface area contributed by atoms with Crippen LogP contribution in [0.2, 0.25) is 0 Å². The van der Waals surface area contributed by atoms with Gasteiger partial charge in [-0.3, -0.25) is 9.36 Å². The van der Waals surface area contributed by atoms with E-state index in [9.17, 15) is 13.8 Å². The lowest BCUT2D eigenvalue weighted by Gasteiger charge is -2.27. The summed E-state index contributed by atoms with van der Waals surface area (Å²) in [5.74, 6) is -0.904. The number of benzene rings is 1. The molecule has 0 aromatic heterocycles. The predicted octanol–water partition coefficient (Wildman–Crippen LogP) is 3.82. The third-order valence-electron chi connectivity index (χ3n) is 2.56. The molecule has 1 aromatic carbocycles. The molecule has 0 aliphatic rings. The fraction of sp³-hybridized carbons (Fsp3) is 0.462. The molecule has 0 fully saturated rings. The maximum absolute atomic E-state index is 14.7. The van der Waals surface area contributed by atoms with Gasteiger partial charge in [0.2, 0.25) is 5.78 Å². The summed E-state index contributed by atoms with van der Waals surface area (Å²) in [6.07, 6.45) is 0. The number of carbonyl (C=O) groups is 1. The summed E-state index contributed by atoms with van der Waals surface area (Å²) >= 11 is 0.